The monoisotopic (exact) mass is 298 g/mol. The highest BCUT2D eigenvalue weighted by Crippen LogP contribution is 2.24. The molecule has 2 amide bonds. The van der Waals surface area contributed by atoms with Crippen LogP contribution in [-0.4, -0.2) is 40.0 Å². The van der Waals surface area contributed by atoms with Crippen molar-refractivity contribution in [1.29, 1.82) is 0 Å². The lowest BCUT2D eigenvalue weighted by Gasteiger charge is -2.30. The molecule has 0 unspecified atom stereocenters. The Morgan fingerprint density at radius 1 is 1.18 bits per heavy atom. The van der Waals surface area contributed by atoms with Crippen molar-refractivity contribution in [3.05, 3.63) is 42.1 Å². The predicted octanol–water partition coefficient (Wildman–Crippen LogP) is 1.41. The van der Waals surface area contributed by atoms with Gasteiger partial charge in [0.1, 0.15) is 0 Å². The molecule has 22 heavy (non-hydrogen) atoms. The zero-order valence-electron chi connectivity index (χ0n) is 12.2. The Bertz CT molecular complexity index is 672. The molecule has 2 aromatic rings. The molecular weight excluding hydrogens is 280 g/mol. The van der Waals surface area contributed by atoms with Crippen LogP contribution in [0.4, 0.5) is 0 Å². The van der Waals surface area contributed by atoms with Crippen molar-refractivity contribution in [3.63, 3.8) is 0 Å². The van der Waals surface area contributed by atoms with Gasteiger partial charge in [-0.05, 0) is 12.8 Å². The molecule has 0 radical (unpaired) electrons. The third-order valence-electron chi connectivity index (χ3n) is 4.12. The second-order valence-corrected chi connectivity index (χ2v) is 5.49. The molecule has 1 saturated heterocycles. The van der Waals surface area contributed by atoms with E-state index in [2.05, 4.69) is 10.2 Å². The fraction of sp³-hybridized carbons (Fsp3) is 0.312. The minimum absolute atomic E-state index is 0.0597. The molecule has 3 N–H and O–H groups in total. The highest BCUT2D eigenvalue weighted by molar-refractivity contribution is 5.99. The number of hydrogen-bond donors (Lipinski definition) is 2. The van der Waals surface area contributed by atoms with Gasteiger partial charge in [-0.25, -0.2) is 0 Å². The summed E-state index contributed by atoms with van der Waals surface area (Å²) < 4.78 is 0. The Hall–Kier alpha value is -2.63. The van der Waals surface area contributed by atoms with Crippen LogP contribution in [0.15, 0.2) is 36.5 Å². The Balaban J connectivity index is 1.77. The molecule has 114 valence electrons. The molecule has 1 fully saturated rings. The van der Waals surface area contributed by atoms with E-state index in [0.717, 1.165) is 11.3 Å². The van der Waals surface area contributed by atoms with E-state index in [1.54, 1.807) is 11.1 Å². The SMILES string of the molecule is NC(=O)C1CCN(C(=O)c2cn[nH]c2-c2ccccc2)CC1. The summed E-state index contributed by atoms with van der Waals surface area (Å²) in [6.45, 7) is 1.09. The minimum atomic E-state index is -0.277. The largest absolute Gasteiger partial charge is 0.369 e. The van der Waals surface area contributed by atoms with Crippen molar-refractivity contribution >= 4 is 11.8 Å². The Labute approximate surface area is 128 Å². The maximum absolute atomic E-state index is 12.7. The molecule has 0 atom stereocenters. The number of amides is 2. The number of hydrogen-bond acceptors (Lipinski definition) is 3. The summed E-state index contributed by atoms with van der Waals surface area (Å²) in [6.07, 6.45) is 2.81. The van der Waals surface area contributed by atoms with Crippen molar-refractivity contribution < 1.29 is 9.59 Å². The third kappa shape index (κ3) is 2.72. The number of H-pyrrole nitrogens is 1. The fourth-order valence-corrected chi connectivity index (χ4v) is 2.81. The summed E-state index contributed by atoms with van der Waals surface area (Å²) in [5.74, 6) is -0.460. The van der Waals surface area contributed by atoms with Gasteiger partial charge in [0, 0.05) is 24.6 Å². The van der Waals surface area contributed by atoms with Crippen LogP contribution in [0.5, 0.6) is 0 Å². The van der Waals surface area contributed by atoms with E-state index in [0.29, 0.717) is 31.5 Å². The van der Waals surface area contributed by atoms with Crippen molar-refractivity contribution in [2.75, 3.05) is 13.1 Å². The van der Waals surface area contributed by atoms with Crippen LogP contribution < -0.4 is 5.73 Å². The molecule has 1 aliphatic heterocycles. The first-order chi connectivity index (χ1) is 10.7. The minimum Gasteiger partial charge on any atom is -0.369 e. The van der Waals surface area contributed by atoms with Crippen LogP contribution in [0, 0.1) is 5.92 Å². The van der Waals surface area contributed by atoms with Crippen LogP contribution in [0.3, 0.4) is 0 Å². The number of rotatable bonds is 3. The van der Waals surface area contributed by atoms with Gasteiger partial charge in [0.05, 0.1) is 17.5 Å². The molecule has 0 aliphatic carbocycles. The second kappa shape index (κ2) is 6.01. The molecular formula is C16H18N4O2. The van der Waals surface area contributed by atoms with Crippen molar-refractivity contribution in [2.45, 2.75) is 12.8 Å². The van der Waals surface area contributed by atoms with Crippen molar-refractivity contribution in [3.8, 4) is 11.3 Å². The molecule has 1 aromatic carbocycles. The zero-order chi connectivity index (χ0) is 15.5. The fourth-order valence-electron chi connectivity index (χ4n) is 2.81. The topological polar surface area (TPSA) is 92.1 Å². The van der Waals surface area contributed by atoms with Gasteiger partial charge in [0.15, 0.2) is 0 Å². The van der Waals surface area contributed by atoms with Gasteiger partial charge in [0.2, 0.25) is 5.91 Å². The maximum atomic E-state index is 12.7. The van der Waals surface area contributed by atoms with Gasteiger partial charge in [-0.3, -0.25) is 14.7 Å². The number of nitrogens with zero attached hydrogens (tertiary/aromatic N) is 2. The number of nitrogens with two attached hydrogens (primary N) is 1. The zero-order valence-corrected chi connectivity index (χ0v) is 12.2. The van der Waals surface area contributed by atoms with E-state index in [4.69, 9.17) is 5.73 Å². The van der Waals surface area contributed by atoms with E-state index in [1.165, 1.54) is 0 Å². The van der Waals surface area contributed by atoms with E-state index in [1.807, 2.05) is 30.3 Å². The molecule has 0 bridgehead atoms. The summed E-state index contributed by atoms with van der Waals surface area (Å²) in [4.78, 5) is 25.6. The van der Waals surface area contributed by atoms with Crippen LogP contribution >= 0.6 is 0 Å². The first-order valence-electron chi connectivity index (χ1n) is 7.34. The number of piperidine rings is 1. The van der Waals surface area contributed by atoms with E-state index < -0.39 is 0 Å². The van der Waals surface area contributed by atoms with Gasteiger partial charge < -0.3 is 10.6 Å². The Kier molecular flexibility index (Phi) is 3.91. The molecule has 6 heteroatoms. The molecule has 1 aromatic heterocycles. The number of likely N-dealkylation sites (tertiary alicyclic amines) is 1. The quantitative estimate of drug-likeness (QED) is 0.897. The second-order valence-electron chi connectivity index (χ2n) is 5.49. The summed E-state index contributed by atoms with van der Waals surface area (Å²) in [7, 11) is 0. The number of aromatic amines is 1. The smallest absolute Gasteiger partial charge is 0.257 e. The number of carbonyl (C=O) groups excluding carboxylic acids is 2. The average Bonchev–Trinajstić information content (AvgIpc) is 3.04. The summed E-state index contributed by atoms with van der Waals surface area (Å²) in [5, 5.41) is 6.91. The van der Waals surface area contributed by atoms with Crippen LogP contribution in [0.1, 0.15) is 23.2 Å². The van der Waals surface area contributed by atoms with E-state index in [9.17, 15) is 9.59 Å². The normalized spacial score (nSPS) is 15.7. The van der Waals surface area contributed by atoms with Crippen LogP contribution in [0.2, 0.25) is 0 Å². The van der Waals surface area contributed by atoms with Gasteiger partial charge in [-0.2, -0.15) is 5.10 Å². The van der Waals surface area contributed by atoms with Gasteiger partial charge in [0.25, 0.3) is 5.91 Å². The molecule has 6 nitrogen and oxygen atoms in total. The van der Waals surface area contributed by atoms with Crippen molar-refractivity contribution in [2.24, 2.45) is 11.7 Å². The summed E-state index contributed by atoms with van der Waals surface area (Å²) in [6, 6.07) is 9.63. The lowest BCUT2D eigenvalue weighted by atomic mass is 9.95. The highest BCUT2D eigenvalue weighted by atomic mass is 16.2. The van der Waals surface area contributed by atoms with Gasteiger partial charge in [-0.1, -0.05) is 30.3 Å². The number of primary amides is 1. The Morgan fingerprint density at radius 3 is 2.50 bits per heavy atom. The molecule has 2 heterocycles. The van der Waals surface area contributed by atoms with Crippen molar-refractivity contribution in [1.82, 2.24) is 15.1 Å². The third-order valence-corrected chi connectivity index (χ3v) is 4.12. The standard InChI is InChI=1S/C16H18N4O2/c17-15(21)12-6-8-20(9-7-12)16(22)13-10-18-19-14(13)11-4-2-1-3-5-11/h1-5,10,12H,6-9H2,(H2,17,21)(H,18,19). The summed E-state index contributed by atoms with van der Waals surface area (Å²) >= 11 is 0. The van der Waals surface area contributed by atoms with E-state index in [-0.39, 0.29) is 17.7 Å². The summed E-state index contributed by atoms with van der Waals surface area (Å²) in [5.41, 5.74) is 7.54. The number of carbonyl (C=O) groups is 2. The molecule has 1 aliphatic rings. The first-order valence-corrected chi connectivity index (χ1v) is 7.34. The Morgan fingerprint density at radius 2 is 1.86 bits per heavy atom. The van der Waals surface area contributed by atoms with Gasteiger partial charge in [-0.15, -0.1) is 0 Å². The lowest BCUT2D eigenvalue weighted by Crippen LogP contribution is -2.41. The molecule has 3 rings (SSSR count). The highest BCUT2D eigenvalue weighted by Gasteiger charge is 2.28. The van der Waals surface area contributed by atoms with E-state index >= 15 is 0 Å². The number of aromatic nitrogens is 2. The number of benzene rings is 1. The maximum Gasteiger partial charge on any atom is 0.257 e. The average molecular weight is 298 g/mol. The molecule has 0 spiro atoms. The lowest BCUT2D eigenvalue weighted by molar-refractivity contribution is -0.123. The first kappa shape index (κ1) is 14.3. The number of nitrogens with one attached hydrogen (secondary N) is 1. The van der Waals surface area contributed by atoms with Crippen LogP contribution in [0.25, 0.3) is 11.3 Å². The predicted molar refractivity (Wildman–Crippen MR) is 81.8 cm³/mol. The molecule has 0 saturated carbocycles. The van der Waals surface area contributed by atoms with Crippen LogP contribution in [-0.2, 0) is 4.79 Å². The van der Waals surface area contributed by atoms with Gasteiger partial charge >= 0.3 is 0 Å².